The molecule has 114 valence electrons. The monoisotopic (exact) mass is 291 g/mol. The van der Waals surface area contributed by atoms with Crippen LogP contribution < -0.4 is 4.74 Å². The van der Waals surface area contributed by atoms with E-state index >= 15 is 0 Å². The molecular weight excluding hydrogens is 271 g/mol. The van der Waals surface area contributed by atoms with Crippen LogP contribution in [0.4, 0.5) is 13.2 Å². The molecule has 6 heteroatoms. The van der Waals surface area contributed by atoms with E-state index in [1.165, 1.54) is 12.1 Å². The number of rotatable bonds is 7. The standard InChI is InChI=1S/C14H20F3NO2/c1-11(2)18(8-9-19-3)10-12-4-6-13(7-5-12)20-14(15,16)17/h4-7,11H,8-10H2,1-3H3. The minimum atomic E-state index is -4.65. The van der Waals surface area contributed by atoms with Gasteiger partial charge in [-0.05, 0) is 31.5 Å². The van der Waals surface area contributed by atoms with Crippen molar-refractivity contribution in [1.29, 1.82) is 0 Å². The zero-order chi connectivity index (χ0) is 15.2. The van der Waals surface area contributed by atoms with E-state index in [2.05, 4.69) is 23.5 Å². The Morgan fingerprint density at radius 2 is 1.75 bits per heavy atom. The fourth-order valence-electron chi connectivity index (χ4n) is 1.76. The maximum atomic E-state index is 12.1. The summed E-state index contributed by atoms with van der Waals surface area (Å²) in [6.07, 6.45) is -4.65. The van der Waals surface area contributed by atoms with Crippen LogP contribution in [0.3, 0.4) is 0 Å². The molecule has 0 N–H and O–H groups in total. The summed E-state index contributed by atoms with van der Waals surface area (Å²) in [7, 11) is 1.64. The second kappa shape index (κ2) is 7.50. The molecule has 1 aromatic carbocycles. The number of hydrogen-bond donors (Lipinski definition) is 0. The molecule has 0 aliphatic heterocycles. The molecule has 0 radical (unpaired) electrons. The Hall–Kier alpha value is -1.27. The quantitative estimate of drug-likeness (QED) is 0.768. The van der Waals surface area contributed by atoms with Gasteiger partial charge in [0.25, 0.3) is 0 Å². The first-order chi connectivity index (χ1) is 9.31. The van der Waals surface area contributed by atoms with Crippen LogP contribution in [0.5, 0.6) is 5.75 Å². The van der Waals surface area contributed by atoms with Gasteiger partial charge in [-0.15, -0.1) is 13.2 Å². The number of alkyl halides is 3. The van der Waals surface area contributed by atoms with Crippen molar-refractivity contribution in [2.24, 2.45) is 0 Å². The lowest BCUT2D eigenvalue weighted by molar-refractivity contribution is -0.274. The van der Waals surface area contributed by atoms with Crippen LogP contribution in [0, 0.1) is 0 Å². The third-order valence-electron chi connectivity index (χ3n) is 2.86. The van der Waals surface area contributed by atoms with E-state index < -0.39 is 6.36 Å². The van der Waals surface area contributed by atoms with E-state index in [4.69, 9.17) is 4.74 Å². The highest BCUT2D eigenvalue weighted by atomic mass is 19.4. The average molecular weight is 291 g/mol. The van der Waals surface area contributed by atoms with Crippen molar-refractivity contribution in [3.05, 3.63) is 29.8 Å². The van der Waals surface area contributed by atoms with E-state index in [0.717, 1.165) is 12.1 Å². The highest BCUT2D eigenvalue weighted by Gasteiger charge is 2.30. The second-order valence-electron chi connectivity index (χ2n) is 4.75. The van der Waals surface area contributed by atoms with Crippen molar-refractivity contribution >= 4 is 0 Å². The van der Waals surface area contributed by atoms with Gasteiger partial charge in [0.1, 0.15) is 5.75 Å². The van der Waals surface area contributed by atoms with E-state index in [1.807, 2.05) is 0 Å². The molecule has 0 heterocycles. The molecule has 0 saturated carbocycles. The van der Waals surface area contributed by atoms with Crippen molar-refractivity contribution in [3.63, 3.8) is 0 Å². The van der Waals surface area contributed by atoms with Gasteiger partial charge in [0.05, 0.1) is 6.61 Å². The van der Waals surface area contributed by atoms with Crippen LogP contribution in [-0.2, 0) is 11.3 Å². The molecular formula is C14H20F3NO2. The Balaban J connectivity index is 2.63. The molecule has 0 aliphatic rings. The third kappa shape index (κ3) is 6.25. The van der Waals surface area contributed by atoms with E-state index in [1.54, 1.807) is 19.2 Å². The Kier molecular flexibility index (Phi) is 6.29. The van der Waals surface area contributed by atoms with Crippen molar-refractivity contribution in [2.75, 3.05) is 20.3 Å². The number of methoxy groups -OCH3 is 1. The van der Waals surface area contributed by atoms with Gasteiger partial charge >= 0.3 is 6.36 Å². The van der Waals surface area contributed by atoms with Gasteiger partial charge in [-0.3, -0.25) is 4.90 Å². The van der Waals surface area contributed by atoms with Crippen LogP contribution in [0.25, 0.3) is 0 Å². The lowest BCUT2D eigenvalue weighted by atomic mass is 10.2. The predicted octanol–water partition coefficient (Wildman–Crippen LogP) is 3.44. The molecule has 3 nitrogen and oxygen atoms in total. The maximum absolute atomic E-state index is 12.1. The molecule has 1 rings (SSSR count). The maximum Gasteiger partial charge on any atom is 0.573 e. The fraction of sp³-hybridized carbons (Fsp3) is 0.571. The first-order valence-corrected chi connectivity index (χ1v) is 6.39. The summed E-state index contributed by atoms with van der Waals surface area (Å²) in [6, 6.07) is 6.28. The molecule has 0 spiro atoms. The van der Waals surface area contributed by atoms with E-state index in [9.17, 15) is 13.2 Å². The highest BCUT2D eigenvalue weighted by molar-refractivity contribution is 5.27. The van der Waals surface area contributed by atoms with Crippen LogP contribution in [0.15, 0.2) is 24.3 Å². The number of benzene rings is 1. The molecule has 0 fully saturated rings. The van der Waals surface area contributed by atoms with Crippen LogP contribution in [0.2, 0.25) is 0 Å². The molecule has 1 aromatic rings. The Bertz CT molecular complexity index is 390. The lowest BCUT2D eigenvalue weighted by Gasteiger charge is -2.26. The van der Waals surface area contributed by atoms with Crippen molar-refractivity contribution in [3.8, 4) is 5.75 Å². The molecule has 0 atom stereocenters. The summed E-state index contributed by atoms with van der Waals surface area (Å²) in [5, 5.41) is 0. The summed E-state index contributed by atoms with van der Waals surface area (Å²) in [5.41, 5.74) is 0.935. The number of ether oxygens (including phenoxy) is 2. The summed E-state index contributed by atoms with van der Waals surface area (Å²) in [5.74, 6) is -0.200. The summed E-state index contributed by atoms with van der Waals surface area (Å²) >= 11 is 0. The minimum absolute atomic E-state index is 0.200. The third-order valence-corrected chi connectivity index (χ3v) is 2.86. The zero-order valence-electron chi connectivity index (χ0n) is 11.9. The zero-order valence-corrected chi connectivity index (χ0v) is 11.9. The molecule has 0 bridgehead atoms. The SMILES string of the molecule is COCCN(Cc1ccc(OC(F)(F)F)cc1)C(C)C. The summed E-state index contributed by atoms with van der Waals surface area (Å²) in [6.45, 7) is 6.18. The molecule has 0 amide bonds. The van der Waals surface area contributed by atoms with E-state index in [-0.39, 0.29) is 5.75 Å². The largest absolute Gasteiger partial charge is 0.573 e. The summed E-state index contributed by atoms with van der Waals surface area (Å²) < 4.78 is 45.0. The topological polar surface area (TPSA) is 21.7 Å². The minimum Gasteiger partial charge on any atom is -0.406 e. The number of hydrogen-bond acceptors (Lipinski definition) is 3. The van der Waals surface area contributed by atoms with Crippen LogP contribution >= 0.6 is 0 Å². The molecule has 0 saturated heterocycles. The van der Waals surface area contributed by atoms with Gasteiger partial charge in [0.2, 0.25) is 0 Å². The van der Waals surface area contributed by atoms with Gasteiger partial charge < -0.3 is 9.47 Å². The van der Waals surface area contributed by atoms with Gasteiger partial charge in [-0.1, -0.05) is 12.1 Å². The van der Waals surface area contributed by atoms with Gasteiger partial charge in [0, 0.05) is 26.2 Å². The van der Waals surface area contributed by atoms with Gasteiger partial charge in [-0.25, -0.2) is 0 Å². The summed E-state index contributed by atoms with van der Waals surface area (Å²) in [4.78, 5) is 2.18. The highest BCUT2D eigenvalue weighted by Crippen LogP contribution is 2.23. The van der Waals surface area contributed by atoms with Crippen molar-refractivity contribution in [2.45, 2.75) is 32.8 Å². The normalized spacial score (nSPS) is 12.2. The van der Waals surface area contributed by atoms with Crippen molar-refractivity contribution in [1.82, 2.24) is 4.90 Å². The molecule has 0 aromatic heterocycles. The fourth-order valence-corrected chi connectivity index (χ4v) is 1.76. The first kappa shape index (κ1) is 16.8. The lowest BCUT2D eigenvalue weighted by Crippen LogP contribution is -2.33. The Morgan fingerprint density at radius 3 is 2.20 bits per heavy atom. The Labute approximate surface area is 117 Å². The number of halogens is 3. The van der Waals surface area contributed by atoms with Crippen LogP contribution in [-0.4, -0.2) is 37.6 Å². The average Bonchev–Trinajstić information content (AvgIpc) is 2.34. The first-order valence-electron chi connectivity index (χ1n) is 6.39. The van der Waals surface area contributed by atoms with E-state index in [0.29, 0.717) is 19.2 Å². The smallest absolute Gasteiger partial charge is 0.406 e. The molecule has 20 heavy (non-hydrogen) atoms. The molecule has 0 unspecified atom stereocenters. The van der Waals surface area contributed by atoms with Gasteiger partial charge in [-0.2, -0.15) is 0 Å². The van der Waals surface area contributed by atoms with Gasteiger partial charge in [0.15, 0.2) is 0 Å². The number of nitrogens with zero attached hydrogens (tertiary/aromatic N) is 1. The van der Waals surface area contributed by atoms with Crippen molar-refractivity contribution < 1.29 is 22.6 Å². The molecule has 0 aliphatic carbocycles. The second-order valence-corrected chi connectivity index (χ2v) is 4.75. The van der Waals surface area contributed by atoms with Crippen LogP contribution in [0.1, 0.15) is 19.4 Å². The Morgan fingerprint density at radius 1 is 1.15 bits per heavy atom. The predicted molar refractivity (Wildman–Crippen MR) is 70.5 cm³/mol.